The first kappa shape index (κ1) is 16.8. The molecule has 8 heteroatoms. The number of para-hydroxylation sites is 1. The van der Waals surface area contributed by atoms with Crippen LogP contribution in [-0.2, 0) is 13.7 Å². The lowest BCUT2D eigenvalue weighted by Gasteiger charge is -2.11. The van der Waals surface area contributed by atoms with E-state index in [1.54, 1.807) is 35.7 Å². The molecule has 2 heterocycles. The van der Waals surface area contributed by atoms with E-state index >= 15 is 0 Å². The molecule has 0 radical (unpaired) electrons. The van der Waals surface area contributed by atoms with Crippen LogP contribution in [0.3, 0.4) is 0 Å². The molecular formula is C19H16N4O4. The molecule has 4 rings (SSSR count). The number of fused-ring (bicyclic) bond motifs is 3. The van der Waals surface area contributed by atoms with Gasteiger partial charge in [0.2, 0.25) is 5.78 Å². The Hall–Kier alpha value is -3.68. The van der Waals surface area contributed by atoms with Crippen molar-refractivity contribution in [2.45, 2.75) is 6.61 Å². The van der Waals surface area contributed by atoms with Crippen LogP contribution in [0.4, 0.5) is 0 Å². The van der Waals surface area contributed by atoms with Crippen molar-refractivity contribution in [3.05, 3.63) is 64.2 Å². The summed E-state index contributed by atoms with van der Waals surface area (Å²) in [5.74, 6) is 1.90. The van der Waals surface area contributed by atoms with E-state index in [4.69, 9.17) is 9.47 Å². The first-order valence-electron chi connectivity index (χ1n) is 8.22. The second kappa shape index (κ2) is 6.56. The van der Waals surface area contributed by atoms with Gasteiger partial charge in [0.1, 0.15) is 12.9 Å². The molecule has 8 nitrogen and oxygen atoms in total. The topological polar surface area (TPSA) is 87.7 Å². The number of nitrogens with zero attached hydrogens (tertiary/aromatic N) is 4. The van der Waals surface area contributed by atoms with Gasteiger partial charge in [-0.2, -0.15) is 0 Å². The van der Waals surface area contributed by atoms with E-state index in [9.17, 15) is 9.59 Å². The monoisotopic (exact) mass is 364 g/mol. The highest BCUT2D eigenvalue weighted by molar-refractivity contribution is 5.80. The Bertz CT molecular complexity index is 1230. The van der Waals surface area contributed by atoms with Gasteiger partial charge in [0, 0.05) is 12.6 Å². The van der Waals surface area contributed by atoms with E-state index in [1.165, 1.54) is 11.7 Å². The summed E-state index contributed by atoms with van der Waals surface area (Å²) in [6, 6.07) is 12.2. The van der Waals surface area contributed by atoms with Crippen molar-refractivity contribution >= 4 is 23.0 Å². The van der Waals surface area contributed by atoms with Gasteiger partial charge in [0.25, 0.3) is 5.56 Å². The van der Waals surface area contributed by atoms with Gasteiger partial charge in [-0.1, -0.05) is 12.1 Å². The molecule has 0 saturated heterocycles. The Kier molecular flexibility index (Phi) is 4.08. The molecule has 0 N–H and O–H groups in total. The Morgan fingerprint density at radius 3 is 2.70 bits per heavy atom. The fourth-order valence-corrected chi connectivity index (χ4v) is 3.00. The van der Waals surface area contributed by atoms with Crippen LogP contribution in [0, 0.1) is 0 Å². The van der Waals surface area contributed by atoms with Gasteiger partial charge < -0.3 is 9.47 Å². The van der Waals surface area contributed by atoms with E-state index in [0.717, 1.165) is 6.29 Å². The van der Waals surface area contributed by atoms with Gasteiger partial charge in [0.15, 0.2) is 17.3 Å². The number of aldehydes is 1. The maximum absolute atomic E-state index is 12.5. The van der Waals surface area contributed by atoms with E-state index in [1.807, 2.05) is 18.2 Å². The third-order valence-corrected chi connectivity index (χ3v) is 4.37. The maximum Gasteiger partial charge on any atom is 0.262 e. The SMILES string of the molecule is COc1cc(C=O)ccc1OCc1nnc2n(C)c(=O)c3ccccc3n12. The second-order valence-electron chi connectivity index (χ2n) is 5.95. The number of aromatic nitrogens is 4. The smallest absolute Gasteiger partial charge is 0.262 e. The van der Waals surface area contributed by atoms with Gasteiger partial charge in [-0.3, -0.25) is 18.6 Å². The first-order chi connectivity index (χ1) is 13.1. The molecule has 2 aromatic carbocycles. The molecule has 0 amide bonds. The third kappa shape index (κ3) is 2.71. The summed E-state index contributed by atoms with van der Waals surface area (Å²) in [5, 5.41) is 8.88. The molecule has 0 unspecified atom stereocenters. The number of rotatable bonds is 5. The fourth-order valence-electron chi connectivity index (χ4n) is 3.00. The summed E-state index contributed by atoms with van der Waals surface area (Å²) >= 11 is 0. The zero-order valence-corrected chi connectivity index (χ0v) is 14.7. The number of hydrogen-bond acceptors (Lipinski definition) is 6. The van der Waals surface area contributed by atoms with Gasteiger partial charge >= 0.3 is 0 Å². The minimum Gasteiger partial charge on any atom is -0.493 e. The molecule has 0 bridgehead atoms. The van der Waals surface area contributed by atoms with Crippen molar-refractivity contribution in [2.24, 2.45) is 7.05 Å². The minimum absolute atomic E-state index is 0.111. The van der Waals surface area contributed by atoms with Crippen molar-refractivity contribution in [3.8, 4) is 11.5 Å². The van der Waals surface area contributed by atoms with Crippen LogP contribution < -0.4 is 15.0 Å². The summed E-state index contributed by atoms with van der Waals surface area (Å²) in [5.41, 5.74) is 1.07. The van der Waals surface area contributed by atoms with Crippen molar-refractivity contribution in [1.29, 1.82) is 0 Å². The summed E-state index contributed by atoms with van der Waals surface area (Å²) in [6.45, 7) is 0.111. The van der Waals surface area contributed by atoms with Gasteiger partial charge in [-0.15, -0.1) is 10.2 Å². The molecular weight excluding hydrogens is 348 g/mol. The van der Waals surface area contributed by atoms with E-state index in [0.29, 0.717) is 39.6 Å². The molecule has 27 heavy (non-hydrogen) atoms. The lowest BCUT2D eigenvalue weighted by Crippen LogP contribution is -2.20. The molecule has 0 atom stereocenters. The molecule has 2 aromatic heterocycles. The normalized spacial score (nSPS) is 11.0. The maximum atomic E-state index is 12.5. The number of aryl methyl sites for hydroxylation is 1. The summed E-state index contributed by atoms with van der Waals surface area (Å²) < 4.78 is 14.4. The fraction of sp³-hybridized carbons (Fsp3) is 0.158. The molecule has 136 valence electrons. The average Bonchev–Trinajstić information content (AvgIpc) is 3.14. The highest BCUT2D eigenvalue weighted by Crippen LogP contribution is 2.28. The van der Waals surface area contributed by atoms with E-state index < -0.39 is 0 Å². The van der Waals surface area contributed by atoms with Crippen molar-refractivity contribution in [3.63, 3.8) is 0 Å². The van der Waals surface area contributed by atoms with Crippen LogP contribution in [0.1, 0.15) is 16.2 Å². The van der Waals surface area contributed by atoms with E-state index in [-0.39, 0.29) is 12.2 Å². The Balaban J connectivity index is 1.78. The predicted octanol–water partition coefficient (Wildman–Crippen LogP) is 1.98. The van der Waals surface area contributed by atoms with Crippen molar-refractivity contribution in [1.82, 2.24) is 19.2 Å². The van der Waals surface area contributed by atoms with Crippen molar-refractivity contribution < 1.29 is 14.3 Å². The Labute approximate surface area is 153 Å². The lowest BCUT2D eigenvalue weighted by atomic mass is 10.2. The number of benzene rings is 2. The minimum atomic E-state index is -0.135. The Morgan fingerprint density at radius 2 is 1.93 bits per heavy atom. The van der Waals surface area contributed by atoms with Gasteiger partial charge in [-0.05, 0) is 30.3 Å². The molecule has 0 aliphatic carbocycles. The highest BCUT2D eigenvalue weighted by atomic mass is 16.5. The largest absolute Gasteiger partial charge is 0.493 e. The van der Waals surface area contributed by atoms with Crippen LogP contribution >= 0.6 is 0 Å². The van der Waals surface area contributed by atoms with Crippen LogP contribution in [0.25, 0.3) is 16.7 Å². The van der Waals surface area contributed by atoms with Gasteiger partial charge in [0.05, 0.1) is 18.0 Å². The zero-order valence-electron chi connectivity index (χ0n) is 14.7. The van der Waals surface area contributed by atoms with Crippen molar-refractivity contribution in [2.75, 3.05) is 7.11 Å². The molecule has 0 saturated carbocycles. The number of carbonyl (C=O) groups is 1. The quantitative estimate of drug-likeness (QED) is 0.503. The number of ether oxygens (including phenoxy) is 2. The molecule has 0 fully saturated rings. The second-order valence-corrected chi connectivity index (χ2v) is 5.95. The summed E-state index contributed by atoms with van der Waals surface area (Å²) in [7, 11) is 3.16. The van der Waals surface area contributed by atoms with Gasteiger partial charge in [-0.25, -0.2) is 0 Å². The average molecular weight is 364 g/mol. The lowest BCUT2D eigenvalue weighted by molar-refractivity contribution is 0.112. The van der Waals surface area contributed by atoms with Crippen LogP contribution in [-0.4, -0.2) is 32.6 Å². The molecule has 0 aliphatic rings. The van der Waals surface area contributed by atoms with E-state index in [2.05, 4.69) is 10.2 Å². The first-order valence-corrected chi connectivity index (χ1v) is 8.22. The van der Waals surface area contributed by atoms with Crippen LogP contribution in [0.15, 0.2) is 47.3 Å². The third-order valence-electron chi connectivity index (χ3n) is 4.37. The number of methoxy groups -OCH3 is 1. The number of carbonyl (C=O) groups excluding carboxylic acids is 1. The Morgan fingerprint density at radius 1 is 1.11 bits per heavy atom. The summed E-state index contributed by atoms with van der Waals surface area (Å²) in [4.78, 5) is 23.4. The van der Waals surface area contributed by atoms with Crippen LogP contribution in [0.2, 0.25) is 0 Å². The zero-order chi connectivity index (χ0) is 19.0. The predicted molar refractivity (Wildman–Crippen MR) is 98.4 cm³/mol. The summed E-state index contributed by atoms with van der Waals surface area (Å²) in [6.07, 6.45) is 0.741. The number of hydrogen-bond donors (Lipinski definition) is 0. The van der Waals surface area contributed by atoms with Crippen LogP contribution in [0.5, 0.6) is 11.5 Å². The standard InChI is InChI=1S/C19H16N4O4/c1-22-18(25)13-5-3-4-6-14(13)23-17(20-21-19(22)23)11-27-15-8-7-12(10-24)9-16(15)26-2/h3-10H,11H2,1-2H3. The highest BCUT2D eigenvalue weighted by Gasteiger charge is 2.15. The molecule has 0 aliphatic heterocycles. The molecule has 4 aromatic rings. The molecule has 0 spiro atoms.